The second-order valence-electron chi connectivity index (χ2n) is 6.63. The second kappa shape index (κ2) is 6.57. The van der Waals surface area contributed by atoms with Gasteiger partial charge in [0, 0.05) is 29.7 Å². The molecule has 4 nitrogen and oxygen atoms in total. The number of aromatic nitrogens is 2. The van der Waals surface area contributed by atoms with Crippen LogP contribution in [0.3, 0.4) is 0 Å². The van der Waals surface area contributed by atoms with Gasteiger partial charge in [0.05, 0.1) is 17.3 Å². The lowest BCUT2D eigenvalue weighted by atomic mass is 9.98. The maximum atomic E-state index is 5.78. The lowest BCUT2D eigenvalue weighted by molar-refractivity contribution is 0.288. The molecule has 0 aliphatic heterocycles. The van der Waals surface area contributed by atoms with Crippen molar-refractivity contribution in [2.24, 2.45) is 5.92 Å². The van der Waals surface area contributed by atoms with E-state index in [1.165, 1.54) is 46.8 Å². The van der Waals surface area contributed by atoms with Gasteiger partial charge in [0.1, 0.15) is 0 Å². The predicted octanol–water partition coefficient (Wildman–Crippen LogP) is 3.80. The van der Waals surface area contributed by atoms with Crippen LogP contribution in [0.25, 0.3) is 0 Å². The molecule has 1 saturated carbocycles. The summed E-state index contributed by atoms with van der Waals surface area (Å²) in [5, 5.41) is 4.88. The van der Waals surface area contributed by atoms with Crippen LogP contribution in [0.2, 0.25) is 0 Å². The molecule has 122 valence electrons. The summed E-state index contributed by atoms with van der Waals surface area (Å²) in [6.07, 6.45) is 8.01. The molecule has 0 saturated heterocycles. The molecule has 2 heterocycles. The molecule has 0 unspecified atom stereocenters. The van der Waals surface area contributed by atoms with Gasteiger partial charge in [-0.25, -0.2) is 9.97 Å². The van der Waals surface area contributed by atoms with E-state index in [2.05, 4.69) is 34.3 Å². The normalized spacial score (nSPS) is 20.3. The zero-order valence-electron chi connectivity index (χ0n) is 13.5. The largest absolute Gasteiger partial charge is 0.477 e. The maximum Gasteiger partial charge on any atom is 0.213 e. The van der Waals surface area contributed by atoms with E-state index in [1.807, 2.05) is 17.5 Å². The molecule has 0 aromatic carbocycles. The smallest absolute Gasteiger partial charge is 0.213 e. The third-order valence-electron chi connectivity index (χ3n) is 4.57. The van der Waals surface area contributed by atoms with Crippen LogP contribution in [0, 0.1) is 12.8 Å². The van der Waals surface area contributed by atoms with E-state index in [-0.39, 0.29) is 0 Å². The number of hydrogen-bond acceptors (Lipinski definition) is 5. The molecule has 0 spiro atoms. The number of ether oxygens (including phenoxy) is 1. The first-order chi connectivity index (χ1) is 11.3. The molecule has 0 amide bonds. The van der Waals surface area contributed by atoms with E-state index >= 15 is 0 Å². The van der Waals surface area contributed by atoms with Gasteiger partial charge in [-0.15, -0.1) is 11.3 Å². The second-order valence-corrected chi connectivity index (χ2v) is 7.86. The van der Waals surface area contributed by atoms with E-state index in [0.717, 1.165) is 31.4 Å². The van der Waals surface area contributed by atoms with Crippen molar-refractivity contribution in [3.8, 4) is 5.88 Å². The van der Waals surface area contributed by atoms with Crippen molar-refractivity contribution >= 4 is 11.3 Å². The summed E-state index contributed by atoms with van der Waals surface area (Å²) in [6.45, 7) is 3.77. The predicted molar refractivity (Wildman–Crippen MR) is 91.8 cm³/mol. The van der Waals surface area contributed by atoms with E-state index < -0.39 is 0 Å². The van der Waals surface area contributed by atoms with Gasteiger partial charge in [-0.1, -0.05) is 0 Å². The number of nitrogens with zero attached hydrogens (tertiary/aromatic N) is 2. The molecule has 2 aliphatic carbocycles. The molecule has 23 heavy (non-hydrogen) atoms. The van der Waals surface area contributed by atoms with Gasteiger partial charge in [-0.3, -0.25) is 0 Å². The van der Waals surface area contributed by atoms with Crippen molar-refractivity contribution < 1.29 is 4.74 Å². The first-order valence-electron chi connectivity index (χ1n) is 8.55. The molecule has 0 bridgehead atoms. The molecule has 2 aromatic heterocycles. The third kappa shape index (κ3) is 3.72. The van der Waals surface area contributed by atoms with Crippen LogP contribution in [-0.4, -0.2) is 16.6 Å². The van der Waals surface area contributed by atoms with E-state index in [9.17, 15) is 0 Å². The third-order valence-corrected chi connectivity index (χ3v) is 5.70. The zero-order chi connectivity index (χ0) is 15.6. The van der Waals surface area contributed by atoms with Crippen LogP contribution in [0.5, 0.6) is 5.88 Å². The molecule has 1 atom stereocenters. The van der Waals surface area contributed by atoms with Crippen molar-refractivity contribution in [3.63, 3.8) is 0 Å². The van der Waals surface area contributed by atoms with Crippen molar-refractivity contribution in [1.82, 2.24) is 15.3 Å². The van der Waals surface area contributed by atoms with Crippen molar-refractivity contribution in [2.75, 3.05) is 6.61 Å². The molecule has 0 radical (unpaired) electrons. The summed E-state index contributed by atoms with van der Waals surface area (Å²) in [4.78, 5) is 10.4. The Hall–Kier alpha value is -1.46. The van der Waals surface area contributed by atoms with Gasteiger partial charge in [0.25, 0.3) is 0 Å². The standard InChI is InChI=1S/C18H23N3OS/c1-12-21-16-4-2-3-15(18(16)23-12)20-10-14-7-8-19-17(9-14)22-11-13-5-6-13/h7-9,13,15,20H,2-6,10-11H2,1H3/t15-/m0/s1. The lowest BCUT2D eigenvalue weighted by Crippen LogP contribution is -2.23. The Balaban J connectivity index is 1.38. The van der Waals surface area contributed by atoms with Gasteiger partial charge in [-0.05, 0) is 56.6 Å². The number of nitrogens with one attached hydrogen (secondary N) is 1. The Morgan fingerprint density at radius 1 is 1.35 bits per heavy atom. The zero-order valence-corrected chi connectivity index (χ0v) is 14.4. The lowest BCUT2D eigenvalue weighted by Gasteiger charge is -2.22. The average Bonchev–Trinajstić information content (AvgIpc) is 3.31. The van der Waals surface area contributed by atoms with E-state index in [1.54, 1.807) is 0 Å². The molecule has 4 rings (SSSR count). The summed E-state index contributed by atoms with van der Waals surface area (Å²) < 4.78 is 5.78. The molecule has 1 fully saturated rings. The highest BCUT2D eigenvalue weighted by atomic mass is 32.1. The Morgan fingerprint density at radius 3 is 3.13 bits per heavy atom. The SMILES string of the molecule is Cc1nc2c(s1)[C@@H](NCc1ccnc(OCC3CC3)c1)CCC2. The highest BCUT2D eigenvalue weighted by molar-refractivity contribution is 7.11. The van der Waals surface area contributed by atoms with Gasteiger partial charge in [0.15, 0.2) is 0 Å². The van der Waals surface area contributed by atoms with E-state index in [0.29, 0.717) is 6.04 Å². The number of aryl methyl sites for hydroxylation is 2. The fourth-order valence-corrected chi connectivity index (χ4v) is 4.19. The molecular formula is C18H23N3OS. The van der Waals surface area contributed by atoms with Gasteiger partial charge < -0.3 is 10.1 Å². The number of rotatable bonds is 6. The monoisotopic (exact) mass is 329 g/mol. The number of hydrogen-bond donors (Lipinski definition) is 1. The van der Waals surface area contributed by atoms with Crippen LogP contribution in [0.15, 0.2) is 18.3 Å². The highest BCUT2D eigenvalue weighted by Crippen LogP contribution is 2.34. The Kier molecular flexibility index (Phi) is 4.31. The Morgan fingerprint density at radius 2 is 2.26 bits per heavy atom. The van der Waals surface area contributed by atoms with Crippen LogP contribution >= 0.6 is 11.3 Å². The minimum absolute atomic E-state index is 0.439. The number of thiazole rings is 1. The topological polar surface area (TPSA) is 47.0 Å². The summed E-state index contributed by atoms with van der Waals surface area (Å²) in [7, 11) is 0. The first kappa shape index (κ1) is 15.1. The van der Waals surface area contributed by atoms with Crippen LogP contribution in [-0.2, 0) is 13.0 Å². The van der Waals surface area contributed by atoms with Crippen molar-refractivity contribution in [3.05, 3.63) is 39.5 Å². The van der Waals surface area contributed by atoms with Crippen molar-refractivity contribution in [1.29, 1.82) is 0 Å². The quantitative estimate of drug-likeness (QED) is 0.875. The fraction of sp³-hybridized carbons (Fsp3) is 0.556. The molecule has 1 N–H and O–H groups in total. The summed E-state index contributed by atoms with van der Waals surface area (Å²) in [5.74, 6) is 1.52. The minimum atomic E-state index is 0.439. The van der Waals surface area contributed by atoms with Gasteiger partial charge >= 0.3 is 0 Å². The number of pyridine rings is 1. The molecule has 5 heteroatoms. The Labute approximate surface area is 141 Å². The first-order valence-corrected chi connectivity index (χ1v) is 9.37. The van der Waals surface area contributed by atoms with E-state index in [4.69, 9.17) is 4.74 Å². The van der Waals surface area contributed by atoms with Crippen LogP contribution in [0.1, 0.15) is 52.9 Å². The minimum Gasteiger partial charge on any atom is -0.477 e. The molecule has 2 aliphatic rings. The van der Waals surface area contributed by atoms with Crippen molar-refractivity contribution in [2.45, 2.75) is 51.6 Å². The molecule has 2 aromatic rings. The van der Waals surface area contributed by atoms with Gasteiger partial charge in [0.2, 0.25) is 5.88 Å². The maximum absolute atomic E-state index is 5.78. The van der Waals surface area contributed by atoms with Gasteiger partial charge in [-0.2, -0.15) is 0 Å². The number of fused-ring (bicyclic) bond motifs is 1. The summed E-state index contributed by atoms with van der Waals surface area (Å²) >= 11 is 1.84. The molecular weight excluding hydrogens is 306 g/mol. The summed E-state index contributed by atoms with van der Waals surface area (Å²) in [6, 6.07) is 4.57. The fourth-order valence-electron chi connectivity index (χ4n) is 3.10. The average molecular weight is 329 g/mol. The van der Waals surface area contributed by atoms with Crippen LogP contribution in [0.4, 0.5) is 0 Å². The van der Waals surface area contributed by atoms with Crippen LogP contribution < -0.4 is 10.1 Å². The highest BCUT2D eigenvalue weighted by Gasteiger charge is 2.24. The Bertz CT molecular complexity index is 681. The summed E-state index contributed by atoms with van der Waals surface area (Å²) in [5.41, 5.74) is 2.54.